The van der Waals surface area contributed by atoms with Gasteiger partial charge < -0.3 is 14.2 Å². The van der Waals surface area contributed by atoms with Crippen molar-refractivity contribution < 1.29 is 14.2 Å². The Morgan fingerprint density at radius 3 is 2.65 bits per heavy atom. The predicted octanol–water partition coefficient (Wildman–Crippen LogP) is 3.92. The van der Waals surface area contributed by atoms with E-state index in [4.69, 9.17) is 14.2 Å². The van der Waals surface area contributed by atoms with Gasteiger partial charge in [-0.25, -0.2) is 0 Å². The van der Waals surface area contributed by atoms with Crippen LogP contribution >= 0.6 is 15.9 Å². The minimum Gasteiger partial charge on any atom is -0.496 e. The van der Waals surface area contributed by atoms with Crippen LogP contribution in [0.3, 0.4) is 0 Å². The third kappa shape index (κ3) is 3.98. The summed E-state index contributed by atoms with van der Waals surface area (Å²) >= 11 is 3.55. The molecule has 0 aromatic heterocycles. The van der Waals surface area contributed by atoms with Crippen LogP contribution in [-0.2, 0) is 9.47 Å². The molecule has 96 valence electrons. The lowest BCUT2D eigenvalue weighted by molar-refractivity contribution is -0.0889. The molecule has 0 bridgehead atoms. The summed E-state index contributed by atoms with van der Waals surface area (Å²) in [6.07, 6.45) is 0.907. The fourth-order valence-electron chi connectivity index (χ4n) is 1.58. The lowest BCUT2D eigenvalue weighted by Crippen LogP contribution is -2.08. The summed E-state index contributed by atoms with van der Waals surface area (Å²) in [7, 11) is 1.66. The molecular formula is C13H19BrO3. The van der Waals surface area contributed by atoms with E-state index in [-0.39, 0.29) is 6.10 Å². The highest BCUT2D eigenvalue weighted by molar-refractivity contribution is 9.10. The topological polar surface area (TPSA) is 27.7 Å². The van der Waals surface area contributed by atoms with Crippen LogP contribution in [0.25, 0.3) is 0 Å². The van der Waals surface area contributed by atoms with Crippen molar-refractivity contribution in [3.63, 3.8) is 0 Å². The van der Waals surface area contributed by atoms with Crippen molar-refractivity contribution >= 4 is 15.9 Å². The van der Waals surface area contributed by atoms with Gasteiger partial charge in [0.05, 0.1) is 17.7 Å². The molecule has 1 aromatic rings. The monoisotopic (exact) mass is 302 g/mol. The van der Waals surface area contributed by atoms with Crippen LogP contribution in [0.2, 0.25) is 0 Å². The summed E-state index contributed by atoms with van der Waals surface area (Å²) in [5, 5.41) is 0. The van der Waals surface area contributed by atoms with Crippen molar-refractivity contribution in [2.24, 2.45) is 0 Å². The predicted molar refractivity (Wildman–Crippen MR) is 71.3 cm³/mol. The molecule has 0 amide bonds. The Labute approximate surface area is 111 Å². The second kappa shape index (κ2) is 7.69. The maximum absolute atomic E-state index is 5.69. The SMILES string of the molecule is CCOCO[C@H](CC)c1cccc(OC)c1Br. The first-order valence-corrected chi connectivity index (χ1v) is 6.55. The maximum atomic E-state index is 5.69. The first-order valence-electron chi connectivity index (χ1n) is 5.76. The molecule has 17 heavy (non-hydrogen) atoms. The van der Waals surface area contributed by atoms with E-state index in [1.807, 2.05) is 25.1 Å². The molecule has 0 spiro atoms. The summed E-state index contributed by atoms with van der Waals surface area (Å²) in [6.45, 7) is 5.02. The zero-order valence-corrected chi connectivity index (χ0v) is 12.1. The molecule has 0 saturated carbocycles. The number of hydrogen-bond donors (Lipinski definition) is 0. The molecule has 0 radical (unpaired) electrons. The van der Waals surface area contributed by atoms with Crippen molar-refractivity contribution in [3.05, 3.63) is 28.2 Å². The van der Waals surface area contributed by atoms with Gasteiger partial charge in [-0.1, -0.05) is 19.1 Å². The Morgan fingerprint density at radius 2 is 2.06 bits per heavy atom. The summed E-state index contributed by atoms with van der Waals surface area (Å²) in [5.74, 6) is 0.820. The minimum atomic E-state index is 0.0195. The van der Waals surface area contributed by atoms with Gasteiger partial charge in [0.2, 0.25) is 0 Å². The van der Waals surface area contributed by atoms with Gasteiger partial charge in [0.1, 0.15) is 12.5 Å². The molecule has 0 fully saturated rings. The lowest BCUT2D eigenvalue weighted by Gasteiger charge is -2.19. The van der Waals surface area contributed by atoms with Gasteiger partial charge in [0.15, 0.2) is 0 Å². The Hall–Kier alpha value is -0.580. The molecule has 1 aromatic carbocycles. The largest absolute Gasteiger partial charge is 0.496 e. The lowest BCUT2D eigenvalue weighted by atomic mass is 10.1. The molecule has 0 N–H and O–H groups in total. The molecule has 3 nitrogen and oxygen atoms in total. The first-order chi connectivity index (χ1) is 8.24. The van der Waals surface area contributed by atoms with Gasteiger partial charge in [-0.2, -0.15) is 0 Å². The Bertz CT molecular complexity index is 341. The van der Waals surface area contributed by atoms with E-state index >= 15 is 0 Å². The van der Waals surface area contributed by atoms with Crippen LogP contribution < -0.4 is 4.74 Å². The van der Waals surface area contributed by atoms with Gasteiger partial charge in [0, 0.05) is 6.61 Å². The number of methoxy groups -OCH3 is 1. The third-order valence-electron chi connectivity index (χ3n) is 2.49. The average molecular weight is 303 g/mol. The molecule has 0 unspecified atom stereocenters. The van der Waals surface area contributed by atoms with E-state index < -0.39 is 0 Å². The highest BCUT2D eigenvalue weighted by Gasteiger charge is 2.15. The second-order valence-corrected chi connectivity index (χ2v) is 4.33. The van der Waals surface area contributed by atoms with Gasteiger partial charge in [0.25, 0.3) is 0 Å². The summed E-state index contributed by atoms with van der Waals surface area (Å²) in [4.78, 5) is 0. The molecule has 1 atom stereocenters. The van der Waals surface area contributed by atoms with Crippen LogP contribution in [0.4, 0.5) is 0 Å². The van der Waals surface area contributed by atoms with Crippen molar-refractivity contribution in [3.8, 4) is 5.75 Å². The van der Waals surface area contributed by atoms with E-state index in [9.17, 15) is 0 Å². The van der Waals surface area contributed by atoms with Gasteiger partial charge in [-0.3, -0.25) is 0 Å². The van der Waals surface area contributed by atoms with Crippen molar-refractivity contribution in [2.45, 2.75) is 26.4 Å². The van der Waals surface area contributed by atoms with E-state index in [1.165, 1.54) is 0 Å². The van der Waals surface area contributed by atoms with Crippen LogP contribution in [0.5, 0.6) is 5.75 Å². The summed E-state index contributed by atoms with van der Waals surface area (Å²) < 4.78 is 17.1. The molecule has 0 saturated heterocycles. The molecule has 0 aliphatic heterocycles. The van der Waals surface area contributed by atoms with E-state index in [0.717, 1.165) is 22.2 Å². The molecule has 0 heterocycles. The molecule has 1 rings (SSSR count). The smallest absolute Gasteiger partial charge is 0.147 e. The maximum Gasteiger partial charge on any atom is 0.147 e. The van der Waals surface area contributed by atoms with E-state index in [2.05, 4.69) is 22.9 Å². The fourth-order valence-corrected chi connectivity index (χ4v) is 2.26. The fraction of sp³-hybridized carbons (Fsp3) is 0.538. The van der Waals surface area contributed by atoms with Crippen molar-refractivity contribution in [1.29, 1.82) is 0 Å². The molecule has 0 aliphatic carbocycles. The van der Waals surface area contributed by atoms with Gasteiger partial charge >= 0.3 is 0 Å². The van der Waals surface area contributed by atoms with Crippen molar-refractivity contribution in [2.75, 3.05) is 20.5 Å². The van der Waals surface area contributed by atoms with Gasteiger partial charge in [-0.15, -0.1) is 0 Å². The number of ether oxygens (including phenoxy) is 3. The highest BCUT2D eigenvalue weighted by Crippen LogP contribution is 2.34. The Balaban J connectivity index is 2.80. The molecular weight excluding hydrogens is 284 g/mol. The van der Waals surface area contributed by atoms with Crippen LogP contribution in [0.15, 0.2) is 22.7 Å². The normalized spacial score (nSPS) is 12.5. The van der Waals surface area contributed by atoms with E-state index in [0.29, 0.717) is 13.4 Å². The number of halogens is 1. The van der Waals surface area contributed by atoms with Crippen LogP contribution in [0.1, 0.15) is 31.9 Å². The third-order valence-corrected chi connectivity index (χ3v) is 3.34. The first kappa shape index (κ1) is 14.5. The number of rotatable bonds is 7. The molecule has 4 heteroatoms. The quantitative estimate of drug-likeness (QED) is 0.564. The van der Waals surface area contributed by atoms with E-state index in [1.54, 1.807) is 7.11 Å². The average Bonchev–Trinajstić information content (AvgIpc) is 2.36. The van der Waals surface area contributed by atoms with Gasteiger partial charge in [-0.05, 0) is 40.9 Å². The second-order valence-electron chi connectivity index (χ2n) is 3.54. The van der Waals surface area contributed by atoms with Crippen LogP contribution in [-0.4, -0.2) is 20.5 Å². The Morgan fingerprint density at radius 1 is 1.29 bits per heavy atom. The number of hydrogen-bond acceptors (Lipinski definition) is 3. The zero-order chi connectivity index (χ0) is 12.7. The summed E-state index contributed by atoms with van der Waals surface area (Å²) in [6, 6.07) is 5.92. The zero-order valence-electron chi connectivity index (χ0n) is 10.5. The number of benzene rings is 1. The van der Waals surface area contributed by atoms with Crippen LogP contribution in [0, 0.1) is 0 Å². The highest BCUT2D eigenvalue weighted by atomic mass is 79.9. The van der Waals surface area contributed by atoms with Crippen molar-refractivity contribution in [1.82, 2.24) is 0 Å². The Kier molecular flexibility index (Phi) is 6.55. The molecule has 0 aliphatic rings. The minimum absolute atomic E-state index is 0.0195. The standard InChI is InChI=1S/C13H19BrO3/c1-4-11(17-9-16-5-2)10-7-6-8-12(15-3)13(10)14/h6-8,11H,4-5,9H2,1-3H3/t11-/m1/s1. The summed E-state index contributed by atoms with van der Waals surface area (Å²) in [5.41, 5.74) is 1.09.